The van der Waals surface area contributed by atoms with Crippen LogP contribution < -0.4 is 10.2 Å². The van der Waals surface area contributed by atoms with Crippen LogP contribution in [-0.2, 0) is 86.0 Å². The number of hydrogen-bond donors (Lipinski definition) is 6. The molecule has 6 N–H and O–H groups in total. The van der Waals surface area contributed by atoms with Crippen molar-refractivity contribution in [2.24, 2.45) is 0 Å². The average molecular weight is 1510 g/mol. The van der Waals surface area contributed by atoms with Crippen molar-refractivity contribution in [3.05, 3.63) is 0 Å². The number of hydrogen-bond acceptors (Lipinski definition) is 26. The van der Waals surface area contributed by atoms with E-state index in [1.165, 1.54) is 58.1 Å². The standard InChI is InChI=1S/C35H63N5O12.C14H19N3O8.C12H24O2.C5H12ClN.C5H12O/c1-8-9-10-11-14-27(41)21-38(24-30(45)46)19-17-37(23-29(43)44)18-20-39(25-31(47)48)22-28(42)40(26-32(49)51-34(2,3)4)16-13-12-15-36-33(50)52-35(5,6)7;18-10(19)5-15(1-3-16-6-11(20)24-12(21)7-16)2-4-17-8-13(22)25-14(23)9-17;1-5-6-7-8-9-10-11(13)14-12(2,3)4;1-2-3-4-5-7-6;1-5(2,3)6-4/h8-26H2,1-7H3,(H,36,50)(H,43,44)(H,45,46)(H,47,48);1-9H2,(H,18,19);5-10H2,1-4H3;7H,2-5H2,1H3;1-4H3. The number of morpholine rings is 2. The average Bonchev–Trinajstić information content (AvgIpc) is 0.889. The molecule has 2 aliphatic heterocycles. The van der Waals surface area contributed by atoms with Crippen molar-refractivity contribution in [1.29, 1.82) is 0 Å². The van der Waals surface area contributed by atoms with Gasteiger partial charge in [-0.1, -0.05) is 78.6 Å². The van der Waals surface area contributed by atoms with E-state index < -0.39 is 110 Å². The van der Waals surface area contributed by atoms with Crippen molar-refractivity contribution in [3.63, 3.8) is 0 Å². The summed E-state index contributed by atoms with van der Waals surface area (Å²) in [6.45, 7) is 28.5. The highest BCUT2D eigenvalue weighted by molar-refractivity contribution is 6.13. The number of ether oxygens (including phenoxy) is 6. The van der Waals surface area contributed by atoms with Gasteiger partial charge in [0.1, 0.15) is 29.1 Å². The van der Waals surface area contributed by atoms with Crippen molar-refractivity contribution in [2.45, 2.75) is 229 Å². The normalized spacial score (nSPS) is 13.5. The Hall–Kier alpha value is -6.52. The van der Waals surface area contributed by atoms with Gasteiger partial charge in [0.2, 0.25) is 5.91 Å². The summed E-state index contributed by atoms with van der Waals surface area (Å²) >= 11 is 5.19. The van der Waals surface area contributed by atoms with Gasteiger partial charge in [0.15, 0.2) is 0 Å². The first kappa shape index (κ1) is 102. The van der Waals surface area contributed by atoms with E-state index in [9.17, 15) is 77.6 Å². The maximum atomic E-state index is 13.5. The molecule has 0 aliphatic carbocycles. The van der Waals surface area contributed by atoms with Gasteiger partial charge in [-0.25, -0.2) is 9.63 Å². The van der Waals surface area contributed by atoms with E-state index in [1.54, 1.807) is 63.4 Å². The molecule has 0 aromatic heterocycles. The molecule has 32 nitrogen and oxygen atoms in total. The van der Waals surface area contributed by atoms with E-state index in [-0.39, 0.29) is 101 Å². The molecule has 0 spiro atoms. The molecule has 0 radical (unpaired) electrons. The minimum absolute atomic E-state index is 0.0150. The molecule has 0 unspecified atom stereocenters. The van der Waals surface area contributed by atoms with Crippen LogP contribution in [0.2, 0.25) is 0 Å². The second-order valence-electron chi connectivity index (χ2n) is 29.2. The van der Waals surface area contributed by atoms with Gasteiger partial charge in [-0.3, -0.25) is 86.9 Å². The number of amides is 2. The number of carbonyl (C=O) groups is 13. The Kier molecular flexibility index (Phi) is 56.4. The Morgan fingerprint density at radius 3 is 1.18 bits per heavy atom. The number of alkyl carbamates (subject to hydrolysis) is 1. The molecule has 0 saturated carbocycles. The number of halogens is 1. The van der Waals surface area contributed by atoms with Crippen LogP contribution >= 0.6 is 11.8 Å². The number of unbranched alkanes of at least 4 members (excludes halogenated alkanes) is 10. The van der Waals surface area contributed by atoms with E-state index >= 15 is 0 Å². The number of aliphatic carboxylic acids is 4. The lowest BCUT2D eigenvalue weighted by Crippen LogP contribution is -2.49. The fraction of sp³-hybridized carbons (Fsp3) is 0.817. The van der Waals surface area contributed by atoms with Crippen LogP contribution in [0.3, 0.4) is 0 Å². The summed E-state index contributed by atoms with van der Waals surface area (Å²) < 4.78 is 29.6. The SMILES string of the molecule is CCCCCCC(=O)CN(CCN(CCN(CC(=O)O)CC(=O)N(CCCCNC(=O)OC(C)(C)C)CC(=O)OC(C)(C)C)CC(=O)O)CC(=O)O.CCCCCCCC(=O)OC(C)(C)C.CCCCCNCl.COC(C)(C)C.O=C(O)CN(CCN1CC(=O)OC(=O)C1)CCN1CC(=O)OC(=O)C1. The second kappa shape index (κ2) is 57.7. The van der Waals surface area contributed by atoms with Crippen molar-refractivity contribution < 1.29 is 111 Å². The topological polar surface area (TPSA) is 405 Å². The molecule has 604 valence electrons. The Morgan fingerprint density at radius 2 is 0.779 bits per heavy atom. The van der Waals surface area contributed by atoms with Gasteiger partial charge in [-0.15, -0.1) is 0 Å². The molecule has 2 heterocycles. The first-order valence-electron chi connectivity index (χ1n) is 36.1. The molecular weight excluding hydrogens is 1380 g/mol. The lowest BCUT2D eigenvalue weighted by molar-refractivity contribution is -0.168. The molecule has 104 heavy (non-hydrogen) atoms. The number of rotatable bonds is 46. The summed E-state index contributed by atoms with van der Waals surface area (Å²) in [5.41, 5.74) is -1.77. The summed E-state index contributed by atoms with van der Waals surface area (Å²) in [6, 6.07) is 0. The third kappa shape index (κ3) is 67.4. The van der Waals surface area contributed by atoms with E-state index in [2.05, 4.69) is 40.4 Å². The van der Waals surface area contributed by atoms with Crippen LogP contribution in [0.1, 0.15) is 207 Å². The molecule has 33 heteroatoms. The van der Waals surface area contributed by atoms with Crippen molar-refractivity contribution in [3.8, 4) is 0 Å². The Labute approximate surface area is 622 Å². The molecule has 2 saturated heterocycles. The quantitative estimate of drug-likeness (QED) is 0.0127. The van der Waals surface area contributed by atoms with Crippen LogP contribution in [0.25, 0.3) is 0 Å². The maximum absolute atomic E-state index is 13.5. The number of ketones is 1. The second-order valence-corrected chi connectivity index (χ2v) is 29.5. The van der Waals surface area contributed by atoms with E-state index in [1.807, 2.05) is 41.5 Å². The van der Waals surface area contributed by atoms with Crippen LogP contribution in [0.5, 0.6) is 0 Å². The third-order valence-electron chi connectivity index (χ3n) is 14.3. The molecule has 2 aliphatic rings. The number of nitrogens with zero attached hydrogens (tertiary/aromatic N) is 7. The Balaban J connectivity index is -0.00000158. The number of esters is 6. The summed E-state index contributed by atoms with van der Waals surface area (Å²) in [4.78, 5) is 166. The van der Waals surface area contributed by atoms with Gasteiger partial charge in [-0.05, 0) is 127 Å². The molecule has 0 aromatic rings. The number of cyclic esters (lactones) is 4. The van der Waals surface area contributed by atoms with Gasteiger partial charge >= 0.3 is 65.8 Å². The lowest BCUT2D eigenvalue weighted by Gasteiger charge is -2.30. The molecule has 2 fully saturated rings. The highest BCUT2D eigenvalue weighted by Crippen LogP contribution is 2.14. The predicted molar refractivity (Wildman–Crippen MR) is 390 cm³/mol. The summed E-state index contributed by atoms with van der Waals surface area (Å²) in [5, 5.41) is 40.1. The number of nitrogens with one attached hydrogen (secondary N) is 2. The van der Waals surface area contributed by atoms with Gasteiger partial charge in [0.25, 0.3) is 0 Å². The molecule has 2 amide bonds. The minimum atomic E-state index is -1.23. The highest BCUT2D eigenvalue weighted by atomic mass is 35.5. The van der Waals surface area contributed by atoms with E-state index in [0.717, 1.165) is 38.6 Å². The number of methoxy groups -OCH3 is 1. The zero-order valence-corrected chi connectivity index (χ0v) is 66.2. The predicted octanol–water partition coefficient (Wildman–Crippen LogP) is 6.34. The first-order chi connectivity index (χ1) is 48.3. The van der Waals surface area contributed by atoms with Crippen molar-refractivity contribution >= 4 is 89.3 Å². The number of Topliss-reactive ketones (excluding diaryl/α,β-unsaturated/α-hetero) is 1. The van der Waals surface area contributed by atoms with Crippen molar-refractivity contribution in [2.75, 3.05) is 151 Å². The monoisotopic (exact) mass is 1510 g/mol. The minimum Gasteiger partial charge on any atom is -0.480 e. The lowest BCUT2D eigenvalue weighted by atomic mass is 10.1. The summed E-state index contributed by atoms with van der Waals surface area (Å²) in [7, 11) is 1.71. The first-order valence-corrected chi connectivity index (χ1v) is 36.5. The van der Waals surface area contributed by atoms with E-state index in [4.69, 9.17) is 35.8 Å². The third-order valence-corrected chi connectivity index (χ3v) is 14.5. The van der Waals surface area contributed by atoms with Crippen LogP contribution in [0, 0.1) is 0 Å². The molecule has 0 aromatic carbocycles. The van der Waals surface area contributed by atoms with Crippen LogP contribution in [0.4, 0.5) is 4.79 Å². The fourth-order valence-corrected chi connectivity index (χ4v) is 9.37. The highest BCUT2D eigenvalue weighted by Gasteiger charge is 2.29. The van der Waals surface area contributed by atoms with Crippen LogP contribution in [-0.4, -0.2) is 306 Å². The molecule has 0 bridgehead atoms. The molecule has 2 rings (SSSR count). The van der Waals surface area contributed by atoms with Gasteiger partial charge in [0.05, 0.1) is 71.0 Å². The molecular formula is C71H130ClN9O23. The zero-order chi connectivity index (χ0) is 80.1. The Morgan fingerprint density at radius 1 is 0.423 bits per heavy atom. The van der Waals surface area contributed by atoms with Crippen LogP contribution in [0.15, 0.2) is 0 Å². The number of carboxylic acids is 4. The largest absolute Gasteiger partial charge is 0.480 e. The number of carbonyl (C=O) groups excluding carboxylic acids is 9. The molecule has 0 atom stereocenters. The number of carboxylic acid groups (broad SMARTS) is 4. The maximum Gasteiger partial charge on any atom is 0.407 e. The van der Waals surface area contributed by atoms with Crippen molar-refractivity contribution in [1.82, 2.24) is 44.5 Å². The summed E-state index contributed by atoms with van der Waals surface area (Å²) in [6.07, 6.45) is 14.4. The zero-order valence-electron chi connectivity index (χ0n) is 65.4. The van der Waals surface area contributed by atoms with E-state index in [0.29, 0.717) is 58.3 Å². The smallest absolute Gasteiger partial charge is 0.407 e. The van der Waals surface area contributed by atoms with Gasteiger partial charge in [-0.2, -0.15) is 0 Å². The Bertz CT molecular complexity index is 2460. The van der Waals surface area contributed by atoms with Gasteiger partial charge < -0.3 is 59.1 Å². The van der Waals surface area contributed by atoms with Gasteiger partial charge in [0, 0.05) is 91.9 Å². The fourth-order valence-electron chi connectivity index (χ4n) is 9.24. The summed E-state index contributed by atoms with van der Waals surface area (Å²) in [5.74, 6) is -8.46.